The lowest BCUT2D eigenvalue weighted by Gasteiger charge is -2.20. The lowest BCUT2D eigenvalue weighted by molar-refractivity contribution is 0.405. The summed E-state index contributed by atoms with van der Waals surface area (Å²) in [7, 11) is 0. The van der Waals surface area contributed by atoms with Crippen molar-refractivity contribution in [1.82, 2.24) is 0 Å². The number of unbranched alkanes of at least 4 members (excludes halogenated alkanes) is 6. The van der Waals surface area contributed by atoms with Gasteiger partial charge in [0.25, 0.3) is 0 Å². The minimum absolute atomic E-state index is 0.397. The van der Waals surface area contributed by atoms with Gasteiger partial charge < -0.3 is 0 Å². The third kappa shape index (κ3) is 12.0. The van der Waals surface area contributed by atoms with E-state index in [-0.39, 0.29) is 0 Å². The van der Waals surface area contributed by atoms with E-state index in [4.69, 9.17) is 0 Å². The summed E-state index contributed by atoms with van der Waals surface area (Å²) in [5.41, 5.74) is 0.397. The third-order valence-corrected chi connectivity index (χ3v) is 3.36. The first-order chi connectivity index (χ1) is 7.98. The molecule has 0 unspecified atom stereocenters. The molecule has 0 nitrogen and oxygen atoms in total. The largest absolute Gasteiger partial charge is 0.0854 e. The van der Waals surface area contributed by atoms with Crippen LogP contribution in [0.5, 0.6) is 0 Å². The van der Waals surface area contributed by atoms with Crippen molar-refractivity contribution in [2.75, 3.05) is 0 Å². The second-order valence-corrected chi connectivity index (χ2v) is 6.46. The van der Waals surface area contributed by atoms with Gasteiger partial charge in [0.15, 0.2) is 0 Å². The van der Waals surface area contributed by atoms with Gasteiger partial charge in [-0.1, -0.05) is 91.7 Å². The Morgan fingerprint density at radius 3 is 1.94 bits per heavy atom. The van der Waals surface area contributed by atoms with Gasteiger partial charge in [-0.15, -0.1) is 0 Å². The topological polar surface area (TPSA) is 0 Å². The van der Waals surface area contributed by atoms with Crippen molar-refractivity contribution < 1.29 is 0 Å². The van der Waals surface area contributed by atoms with Crippen molar-refractivity contribution in [3.8, 4) is 0 Å². The number of rotatable bonds is 10. The monoisotopic (exact) mass is 238 g/mol. The highest BCUT2D eigenvalue weighted by Gasteiger charge is 2.12. The SMILES string of the molecule is CCCCCCCCCC(C)(C)C=CC(C)C. The molecule has 0 aromatic rings. The van der Waals surface area contributed by atoms with E-state index in [2.05, 4.69) is 46.8 Å². The lowest BCUT2D eigenvalue weighted by Crippen LogP contribution is -2.07. The number of allylic oxidation sites excluding steroid dienone is 2. The first-order valence-corrected chi connectivity index (χ1v) is 7.67. The van der Waals surface area contributed by atoms with Gasteiger partial charge in [0, 0.05) is 0 Å². The van der Waals surface area contributed by atoms with Crippen molar-refractivity contribution in [3.05, 3.63) is 12.2 Å². The van der Waals surface area contributed by atoms with Crippen molar-refractivity contribution >= 4 is 0 Å². The van der Waals surface area contributed by atoms with Crippen LogP contribution >= 0.6 is 0 Å². The molecule has 17 heavy (non-hydrogen) atoms. The van der Waals surface area contributed by atoms with E-state index in [9.17, 15) is 0 Å². The van der Waals surface area contributed by atoms with Gasteiger partial charge >= 0.3 is 0 Å². The van der Waals surface area contributed by atoms with E-state index in [1.54, 1.807) is 0 Å². The smallest absolute Gasteiger partial charge is 0.0175 e. The van der Waals surface area contributed by atoms with E-state index in [1.165, 1.54) is 51.4 Å². The quantitative estimate of drug-likeness (QED) is 0.306. The zero-order chi connectivity index (χ0) is 13.1. The molecule has 0 saturated heterocycles. The van der Waals surface area contributed by atoms with Gasteiger partial charge in [0.05, 0.1) is 0 Å². The predicted molar refractivity (Wildman–Crippen MR) is 80.4 cm³/mol. The van der Waals surface area contributed by atoms with Crippen LogP contribution in [0.15, 0.2) is 12.2 Å². The molecule has 0 aromatic heterocycles. The maximum Gasteiger partial charge on any atom is -0.0175 e. The van der Waals surface area contributed by atoms with E-state index in [0.717, 1.165) is 0 Å². The molecule has 0 bridgehead atoms. The predicted octanol–water partition coefficient (Wildman–Crippen LogP) is 6.37. The summed E-state index contributed by atoms with van der Waals surface area (Å²) in [4.78, 5) is 0. The Morgan fingerprint density at radius 2 is 1.41 bits per heavy atom. The summed E-state index contributed by atoms with van der Waals surface area (Å²) in [5.74, 6) is 0.684. The zero-order valence-electron chi connectivity index (χ0n) is 12.9. The Labute approximate surface area is 110 Å². The van der Waals surface area contributed by atoms with Crippen LogP contribution in [-0.4, -0.2) is 0 Å². The van der Waals surface area contributed by atoms with E-state index < -0.39 is 0 Å². The van der Waals surface area contributed by atoms with Crippen LogP contribution in [0.25, 0.3) is 0 Å². The van der Waals surface area contributed by atoms with E-state index in [1.807, 2.05) is 0 Å². The fraction of sp³-hybridized carbons (Fsp3) is 0.882. The Hall–Kier alpha value is -0.260. The average Bonchev–Trinajstić information content (AvgIpc) is 2.25. The van der Waals surface area contributed by atoms with Crippen LogP contribution in [0.1, 0.15) is 86.0 Å². The third-order valence-electron chi connectivity index (χ3n) is 3.36. The molecular formula is C17H34. The minimum Gasteiger partial charge on any atom is -0.0854 e. The Morgan fingerprint density at radius 1 is 0.882 bits per heavy atom. The Kier molecular flexibility index (Phi) is 9.59. The molecule has 0 N–H and O–H groups in total. The van der Waals surface area contributed by atoms with Crippen molar-refractivity contribution in [3.63, 3.8) is 0 Å². The fourth-order valence-electron chi connectivity index (χ4n) is 2.07. The highest BCUT2D eigenvalue weighted by Crippen LogP contribution is 2.26. The molecule has 0 amide bonds. The molecular weight excluding hydrogens is 204 g/mol. The van der Waals surface area contributed by atoms with E-state index >= 15 is 0 Å². The zero-order valence-corrected chi connectivity index (χ0v) is 12.9. The number of hydrogen-bond donors (Lipinski definition) is 0. The van der Waals surface area contributed by atoms with Crippen molar-refractivity contribution in [2.45, 2.75) is 86.0 Å². The fourth-order valence-corrected chi connectivity index (χ4v) is 2.07. The van der Waals surface area contributed by atoms with Gasteiger partial charge in [0.1, 0.15) is 0 Å². The van der Waals surface area contributed by atoms with Crippen molar-refractivity contribution in [2.24, 2.45) is 11.3 Å². The molecule has 0 aromatic carbocycles. The summed E-state index contributed by atoms with van der Waals surface area (Å²) in [6.07, 6.45) is 16.0. The van der Waals surface area contributed by atoms with Crippen LogP contribution in [0.3, 0.4) is 0 Å². The lowest BCUT2D eigenvalue weighted by atomic mass is 9.85. The summed E-state index contributed by atoms with van der Waals surface area (Å²) < 4.78 is 0. The minimum atomic E-state index is 0.397. The molecule has 0 fully saturated rings. The van der Waals surface area contributed by atoms with Gasteiger partial charge in [-0.2, -0.15) is 0 Å². The second kappa shape index (κ2) is 9.74. The molecule has 0 saturated carbocycles. The van der Waals surface area contributed by atoms with Gasteiger partial charge in [0.2, 0.25) is 0 Å². The highest BCUT2D eigenvalue weighted by atomic mass is 14.2. The maximum atomic E-state index is 2.41. The first-order valence-electron chi connectivity index (χ1n) is 7.67. The molecule has 0 heteroatoms. The molecule has 0 spiro atoms. The standard InChI is InChI=1S/C17H34/c1-6-7-8-9-10-11-12-14-17(4,5)15-13-16(2)3/h13,15-16H,6-12,14H2,1-5H3. The van der Waals surface area contributed by atoms with Crippen LogP contribution < -0.4 is 0 Å². The van der Waals surface area contributed by atoms with Crippen LogP contribution in [0, 0.1) is 11.3 Å². The Balaban J connectivity index is 3.52. The van der Waals surface area contributed by atoms with E-state index in [0.29, 0.717) is 11.3 Å². The summed E-state index contributed by atoms with van der Waals surface area (Å²) in [5, 5.41) is 0. The van der Waals surface area contributed by atoms with Crippen LogP contribution in [0.4, 0.5) is 0 Å². The summed E-state index contributed by atoms with van der Waals surface area (Å²) >= 11 is 0. The summed E-state index contributed by atoms with van der Waals surface area (Å²) in [6.45, 7) is 11.5. The maximum absolute atomic E-state index is 2.41. The first kappa shape index (κ1) is 16.7. The summed E-state index contributed by atoms with van der Waals surface area (Å²) in [6, 6.07) is 0. The molecule has 0 aliphatic rings. The van der Waals surface area contributed by atoms with Gasteiger partial charge in [-0.05, 0) is 17.8 Å². The molecule has 0 rings (SSSR count). The normalized spacial score (nSPS) is 12.8. The van der Waals surface area contributed by atoms with Crippen LogP contribution in [-0.2, 0) is 0 Å². The molecule has 0 aliphatic carbocycles. The Bertz CT molecular complexity index is 186. The molecule has 0 atom stereocenters. The number of hydrogen-bond acceptors (Lipinski definition) is 0. The molecule has 0 heterocycles. The molecule has 0 aliphatic heterocycles. The van der Waals surface area contributed by atoms with Crippen molar-refractivity contribution in [1.29, 1.82) is 0 Å². The second-order valence-electron chi connectivity index (χ2n) is 6.46. The van der Waals surface area contributed by atoms with Crippen LogP contribution in [0.2, 0.25) is 0 Å². The average molecular weight is 238 g/mol. The van der Waals surface area contributed by atoms with Gasteiger partial charge in [-0.3, -0.25) is 0 Å². The molecule has 102 valence electrons. The highest BCUT2D eigenvalue weighted by molar-refractivity contribution is 4.95. The molecule has 0 radical (unpaired) electrons. The van der Waals surface area contributed by atoms with Gasteiger partial charge in [-0.25, -0.2) is 0 Å².